The summed E-state index contributed by atoms with van der Waals surface area (Å²) in [6.07, 6.45) is -0.549. The van der Waals surface area contributed by atoms with E-state index in [0.717, 1.165) is 22.3 Å². The molecule has 1 aliphatic heterocycles. The first-order chi connectivity index (χ1) is 10.1. The molecule has 0 saturated heterocycles. The summed E-state index contributed by atoms with van der Waals surface area (Å²) in [6.45, 7) is 2.09. The number of carbonyl (C=O) groups excluding carboxylic acids is 1. The lowest BCUT2D eigenvalue weighted by atomic mass is 9.97. The van der Waals surface area contributed by atoms with Gasteiger partial charge in [0.25, 0.3) is 0 Å². The summed E-state index contributed by atoms with van der Waals surface area (Å²) < 4.78 is 18.2. The first-order valence-electron chi connectivity index (χ1n) is 6.50. The van der Waals surface area contributed by atoms with Gasteiger partial charge in [0, 0.05) is 5.56 Å². The predicted molar refractivity (Wildman–Crippen MR) is 77.6 cm³/mol. The quantitative estimate of drug-likeness (QED) is 0.920. The molecule has 0 radical (unpaired) electrons. The van der Waals surface area contributed by atoms with Crippen molar-refractivity contribution < 1.29 is 13.9 Å². The zero-order chi connectivity index (χ0) is 14.8. The Labute approximate surface area is 121 Å². The molecular weight excluding hydrogens is 271 g/mol. The average Bonchev–Trinajstić information content (AvgIpc) is 2.48. The van der Waals surface area contributed by atoms with E-state index in [1.165, 1.54) is 12.1 Å². The lowest BCUT2D eigenvalue weighted by Crippen LogP contribution is -2.30. The molecule has 0 unspecified atom stereocenters. The normalized spacial score (nSPS) is 14.2. The molecule has 4 nitrogen and oxygen atoms in total. The van der Waals surface area contributed by atoms with Gasteiger partial charge < -0.3 is 4.74 Å². The number of ether oxygens (including phenoxy) is 1. The minimum absolute atomic E-state index is 0.143. The summed E-state index contributed by atoms with van der Waals surface area (Å²) in [5.41, 5.74) is 6.59. The van der Waals surface area contributed by atoms with Crippen LogP contribution in [-0.4, -0.2) is 18.4 Å². The van der Waals surface area contributed by atoms with Crippen molar-refractivity contribution in [1.82, 2.24) is 5.43 Å². The van der Waals surface area contributed by atoms with E-state index in [9.17, 15) is 9.18 Å². The van der Waals surface area contributed by atoms with E-state index in [2.05, 4.69) is 10.5 Å². The summed E-state index contributed by atoms with van der Waals surface area (Å²) in [5.74, 6) is -0.260. The third-order valence-electron chi connectivity index (χ3n) is 3.32. The van der Waals surface area contributed by atoms with Crippen LogP contribution in [0, 0.1) is 12.7 Å². The van der Waals surface area contributed by atoms with Gasteiger partial charge in [-0.3, -0.25) is 0 Å². The van der Waals surface area contributed by atoms with Crippen LogP contribution in [0.4, 0.5) is 9.18 Å². The molecule has 5 heteroatoms. The van der Waals surface area contributed by atoms with Crippen molar-refractivity contribution in [3.8, 4) is 11.1 Å². The molecule has 1 heterocycles. The highest BCUT2D eigenvalue weighted by atomic mass is 19.1. The van der Waals surface area contributed by atoms with Gasteiger partial charge in [-0.15, -0.1) is 0 Å². The highest BCUT2D eigenvalue weighted by Gasteiger charge is 2.15. The van der Waals surface area contributed by atoms with Crippen molar-refractivity contribution in [3.63, 3.8) is 0 Å². The lowest BCUT2D eigenvalue weighted by molar-refractivity contribution is 0.157. The number of nitrogens with one attached hydrogen (secondary N) is 1. The van der Waals surface area contributed by atoms with Crippen molar-refractivity contribution >= 4 is 11.8 Å². The van der Waals surface area contributed by atoms with Crippen LogP contribution in [0.25, 0.3) is 11.1 Å². The molecular formula is C16H13FN2O2. The fourth-order valence-corrected chi connectivity index (χ4v) is 2.28. The van der Waals surface area contributed by atoms with Gasteiger partial charge in [-0.25, -0.2) is 14.6 Å². The SMILES string of the molecule is Cc1cc(C2=NNC(=O)OC2)ccc1-c1cccc(F)c1. The van der Waals surface area contributed by atoms with Crippen LogP contribution < -0.4 is 5.43 Å². The number of rotatable bonds is 2. The van der Waals surface area contributed by atoms with Gasteiger partial charge in [0.15, 0.2) is 0 Å². The highest BCUT2D eigenvalue weighted by molar-refractivity contribution is 6.04. The number of hydrazone groups is 1. The number of benzene rings is 2. The predicted octanol–water partition coefficient (Wildman–Crippen LogP) is 3.25. The first-order valence-corrected chi connectivity index (χ1v) is 6.50. The molecule has 1 amide bonds. The van der Waals surface area contributed by atoms with Crippen LogP contribution in [0.1, 0.15) is 11.1 Å². The zero-order valence-corrected chi connectivity index (χ0v) is 11.4. The van der Waals surface area contributed by atoms with Crippen molar-refractivity contribution in [1.29, 1.82) is 0 Å². The van der Waals surface area contributed by atoms with Crippen molar-refractivity contribution in [2.75, 3.05) is 6.61 Å². The Kier molecular flexibility index (Phi) is 3.39. The van der Waals surface area contributed by atoms with E-state index in [1.807, 2.05) is 31.2 Å². The first kappa shape index (κ1) is 13.3. The minimum Gasteiger partial charge on any atom is -0.442 e. The minimum atomic E-state index is -0.549. The second kappa shape index (κ2) is 5.36. The van der Waals surface area contributed by atoms with Gasteiger partial charge >= 0.3 is 6.09 Å². The van der Waals surface area contributed by atoms with Crippen LogP contribution in [0.15, 0.2) is 47.6 Å². The summed E-state index contributed by atoms with van der Waals surface area (Å²) in [5, 5.41) is 3.97. The summed E-state index contributed by atoms with van der Waals surface area (Å²) in [6, 6.07) is 12.2. The Hall–Kier alpha value is -2.69. The molecule has 0 saturated carbocycles. The van der Waals surface area contributed by atoms with E-state index < -0.39 is 6.09 Å². The molecule has 106 valence electrons. The molecule has 0 atom stereocenters. The van der Waals surface area contributed by atoms with E-state index in [0.29, 0.717) is 5.71 Å². The van der Waals surface area contributed by atoms with E-state index >= 15 is 0 Å². The maximum atomic E-state index is 13.3. The van der Waals surface area contributed by atoms with Crippen LogP contribution in [-0.2, 0) is 4.74 Å². The molecule has 0 spiro atoms. The Morgan fingerprint density at radius 1 is 1.19 bits per heavy atom. The number of amides is 1. The monoisotopic (exact) mass is 284 g/mol. The Morgan fingerprint density at radius 3 is 2.71 bits per heavy atom. The molecule has 21 heavy (non-hydrogen) atoms. The fourth-order valence-electron chi connectivity index (χ4n) is 2.28. The van der Waals surface area contributed by atoms with Crippen molar-refractivity contribution in [2.45, 2.75) is 6.92 Å². The smallest absolute Gasteiger partial charge is 0.428 e. The molecule has 0 aliphatic carbocycles. The van der Waals surface area contributed by atoms with E-state index in [4.69, 9.17) is 4.74 Å². The number of nitrogens with zero attached hydrogens (tertiary/aromatic N) is 1. The third-order valence-corrected chi connectivity index (χ3v) is 3.32. The maximum Gasteiger partial charge on any atom is 0.428 e. The molecule has 0 fully saturated rings. The maximum absolute atomic E-state index is 13.3. The standard InChI is InChI=1S/C16H13FN2O2/c1-10-7-12(15-9-21-16(20)19-18-15)5-6-14(10)11-3-2-4-13(17)8-11/h2-8H,9H2,1H3,(H,19,20). The summed E-state index contributed by atoms with van der Waals surface area (Å²) in [4.78, 5) is 10.9. The number of halogens is 1. The number of hydrogen-bond acceptors (Lipinski definition) is 3. The van der Waals surface area contributed by atoms with Gasteiger partial charge in [-0.05, 0) is 41.8 Å². The van der Waals surface area contributed by atoms with Crippen LogP contribution >= 0.6 is 0 Å². The van der Waals surface area contributed by atoms with Gasteiger partial charge in [0.05, 0.1) is 0 Å². The number of aryl methyl sites for hydroxylation is 1. The number of carbonyl (C=O) groups is 1. The topological polar surface area (TPSA) is 50.7 Å². The Balaban J connectivity index is 1.95. The number of cyclic esters (lactones) is 1. The highest BCUT2D eigenvalue weighted by Crippen LogP contribution is 2.25. The van der Waals surface area contributed by atoms with Crippen molar-refractivity contribution in [2.24, 2.45) is 5.10 Å². The molecule has 2 aromatic rings. The second-order valence-electron chi connectivity index (χ2n) is 4.79. The average molecular weight is 284 g/mol. The largest absolute Gasteiger partial charge is 0.442 e. The van der Waals surface area contributed by atoms with Crippen LogP contribution in [0.5, 0.6) is 0 Å². The molecule has 2 aromatic carbocycles. The molecule has 3 rings (SSSR count). The second-order valence-corrected chi connectivity index (χ2v) is 4.79. The molecule has 0 aromatic heterocycles. The van der Waals surface area contributed by atoms with E-state index in [-0.39, 0.29) is 12.4 Å². The fraction of sp³-hybridized carbons (Fsp3) is 0.125. The van der Waals surface area contributed by atoms with Gasteiger partial charge in [0.1, 0.15) is 18.1 Å². The molecule has 0 bridgehead atoms. The van der Waals surface area contributed by atoms with Crippen molar-refractivity contribution in [3.05, 3.63) is 59.4 Å². The van der Waals surface area contributed by atoms with Gasteiger partial charge in [0.2, 0.25) is 0 Å². The number of hydrogen-bond donors (Lipinski definition) is 1. The van der Waals surface area contributed by atoms with Gasteiger partial charge in [-0.2, -0.15) is 5.10 Å². The van der Waals surface area contributed by atoms with Crippen LogP contribution in [0.3, 0.4) is 0 Å². The lowest BCUT2D eigenvalue weighted by Gasteiger charge is -2.14. The molecule has 1 aliphatic rings. The zero-order valence-electron chi connectivity index (χ0n) is 11.4. The van der Waals surface area contributed by atoms with Crippen LogP contribution in [0.2, 0.25) is 0 Å². The Morgan fingerprint density at radius 2 is 2.05 bits per heavy atom. The molecule has 1 N–H and O–H groups in total. The summed E-state index contributed by atoms with van der Waals surface area (Å²) in [7, 11) is 0. The van der Waals surface area contributed by atoms with E-state index in [1.54, 1.807) is 6.07 Å². The Bertz CT molecular complexity index is 741. The third kappa shape index (κ3) is 2.76. The van der Waals surface area contributed by atoms with Gasteiger partial charge in [-0.1, -0.05) is 24.3 Å². The summed E-state index contributed by atoms with van der Waals surface area (Å²) >= 11 is 0.